The van der Waals surface area contributed by atoms with E-state index in [0.29, 0.717) is 22.4 Å². The number of Topliss-reactive ketones (excluding diaryl/α,β-unsaturated/α-hetero) is 1. The van der Waals surface area contributed by atoms with E-state index in [-0.39, 0.29) is 29.2 Å². The summed E-state index contributed by atoms with van der Waals surface area (Å²) in [6.45, 7) is 0.0442. The number of carbonyl (C=O) groups is 3. The minimum atomic E-state index is -0.921. The van der Waals surface area contributed by atoms with Crippen molar-refractivity contribution in [3.8, 4) is 17.2 Å². The Labute approximate surface area is 219 Å². The van der Waals surface area contributed by atoms with E-state index >= 15 is 0 Å². The highest BCUT2D eigenvalue weighted by Crippen LogP contribution is 2.44. The molecule has 1 N–H and O–H groups in total. The van der Waals surface area contributed by atoms with Crippen LogP contribution in [0.1, 0.15) is 33.1 Å². The number of likely N-dealkylation sites (tertiary alicyclic amines) is 1. The molecule has 38 heavy (non-hydrogen) atoms. The third-order valence-corrected chi connectivity index (χ3v) is 6.36. The van der Waals surface area contributed by atoms with Crippen LogP contribution in [0, 0.1) is 0 Å². The van der Waals surface area contributed by atoms with Crippen molar-refractivity contribution in [2.75, 3.05) is 28.4 Å². The molecule has 1 heterocycles. The average molecular weight is 518 g/mol. The SMILES string of the molecule is COC(=O)c1ccc(CN2C(=O)C(=O)/C(=C(/O)c3c(OC)cccc3OC)C2c2ccc(OC)cc2)cc1. The summed E-state index contributed by atoms with van der Waals surface area (Å²) < 4.78 is 20.9. The summed E-state index contributed by atoms with van der Waals surface area (Å²) in [5.41, 5.74) is 1.68. The van der Waals surface area contributed by atoms with Crippen molar-refractivity contribution in [3.63, 3.8) is 0 Å². The van der Waals surface area contributed by atoms with E-state index in [2.05, 4.69) is 0 Å². The van der Waals surface area contributed by atoms with Crippen LogP contribution in [-0.4, -0.2) is 56.1 Å². The van der Waals surface area contributed by atoms with Gasteiger partial charge >= 0.3 is 5.97 Å². The molecule has 1 aliphatic heterocycles. The molecule has 1 atom stereocenters. The molecule has 1 saturated heterocycles. The Kier molecular flexibility index (Phi) is 7.66. The first-order chi connectivity index (χ1) is 18.3. The maximum atomic E-state index is 13.4. The van der Waals surface area contributed by atoms with Gasteiger partial charge < -0.3 is 29.0 Å². The fraction of sp³-hybridized carbons (Fsp3) is 0.207. The molecule has 0 bridgehead atoms. The molecule has 196 valence electrons. The van der Waals surface area contributed by atoms with E-state index in [1.165, 1.54) is 33.3 Å². The smallest absolute Gasteiger partial charge is 0.337 e. The second-order valence-corrected chi connectivity index (χ2v) is 8.43. The van der Waals surface area contributed by atoms with E-state index in [1.807, 2.05) is 0 Å². The minimum absolute atomic E-state index is 0.0442. The Hall–Kier alpha value is -4.79. The number of aliphatic hydroxyl groups excluding tert-OH is 1. The minimum Gasteiger partial charge on any atom is -0.506 e. The molecule has 0 spiro atoms. The maximum absolute atomic E-state index is 13.4. The molecular formula is C29H27NO8. The van der Waals surface area contributed by atoms with E-state index in [9.17, 15) is 19.5 Å². The van der Waals surface area contributed by atoms with Crippen molar-refractivity contribution >= 4 is 23.4 Å². The van der Waals surface area contributed by atoms with Crippen LogP contribution in [-0.2, 0) is 20.9 Å². The van der Waals surface area contributed by atoms with Crippen LogP contribution in [0.3, 0.4) is 0 Å². The van der Waals surface area contributed by atoms with Crippen LogP contribution < -0.4 is 14.2 Å². The second-order valence-electron chi connectivity index (χ2n) is 8.43. The Bertz CT molecular complexity index is 1370. The number of amides is 1. The average Bonchev–Trinajstić information content (AvgIpc) is 3.21. The lowest BCUT2D eigenvalue weighted by atomic mass is 9.94. The number of benzene rings is 3. The lowest BCUT2D eigenvalue weighted by molar-refractivity contribution is -0.140. The zero-order chi connectivity index (χ0) is 27.4. The van der Waals surface area contributed by atoms with Crippen LogP contribution in [0.15, 0.2) is 72.3 Å². The van der Waals surface area contributed by atoms with Gasteiger partial charge in [-0.05, 0) is 47.5 Å². The summed E-state index contributed by atoms with van der Waals surface area (Å²) >= 11 is 0. The highest BCUT2D eigenvalue weighted by molar-refractivity contribution is 6.46. The zero-order valence-electron chi connectivity index (χ0n) is 21.4. The molecule has 0 aliphatic carbocycles. The largest absolute Gasteiger partial charge is 0.506 e. The second kappa shape index (κ2) is 11.1. The lowest BCUT2D eigenvalue weighted by Crippen LogP contribution is -2.29. The first kappa shape index (κ1) is 26.3. The van der Waals surface area contributed by atoms with Crippen LogP contribution >= 0.6 is 0 Å². The van der Waals surface area contributed by atoms with Crippen molar-refractivity contribution in [2.45, 2.75) is 12.6 Å². The monoisotopic (exact) mass is 517 g/mol. The van der Waals surface area contributed by atoms with Crippen molar-refractivity contribution in [1.29, 1.82) is 0 Å². The van der Waals surface area contributed by atoms with Gasteiger partial charge in [0.1, 0.15) is 28.6 Å². The predicted molar refractivity (Wildman–Crippen MR) is 138 cm³/mol. The van der Waals surface area contributed by atoms with Gasteiger partial charge in [-0.1, -0.05) is 30.3 Å². The first-order valence-electron chi connectivity index (χ1n) is 11.7. The number of ether oxygens (including phenoxy) is 4. The molecule has 0 aromatic heterocycles. The normalized spacial score (nSPS) is 16.3. The summed E-state index contributed by atoms with van der Waals surface area (Å²) in [7, 11) is 5.69. The molecule has 1 aliphatic rings. The standard InChI is InChI=1S/C29H27NO8/c1-35-20-14-12-18(13-15-20)25-24(26(31)23-21(36-2)6-5-7-22(23)37-3)27(32)28(33)30(25)16-17-8-10-19(11-9-17)29(34)38-4/h5-15,25,31H,16H2,1-4H3/b26-24+. The summed E-state index contributed by atoms with van der Waals surface area (Å²) in [6, 6.07) is 17.4. The Morgan fingerprint density at radius 1 is 0.842 bits per heavy atom. The van der Waals surface area contributed by atoms with Gasteiger partial charge in [-0.25, -0.2) is 4.79 Å². The molecule has 4 rings (SSSR count). The predicted octanol–water partition coefficient (Wildman–Crippen LogP) is 4.12. The van der Waals surface area contributed by atoms with Crippen molar-refractivity contribution in [2.24, 2.45) is 0 Å². The van der Waals surface area contributed by atoms with E-state index < -0.39 is 29.5 Å². The molecule has 9 heteroatoms. The van der Waals surface area contributed by atoms with E-state index in [0.717, 1.165) is 0 Å². The molecule has 1 amide bonds. The van der Waals surface area contributed by atoms with Gasteiger partial charge in [0, 0.05) is 6.54 Å². The Morgan fingerprint density at radius 2 is 1.45 bits per heavy atom. The lowest BCUT2D eigenvalue weighted by Gasteiger charge is -2.26. The number of nitrogens with zero attached hydrogens (tertiary/aromatic N) is 1. The van der Waals surface area contributed by atoms with Gasteiger partial charge in [0.25, 0.3) is 11.7 Å². The number of carbonyl (C=O) groups excluding carboxylic acids is 3. The van der Waals surface area contributed by atoms with Crippen LogP contribution in [0.25, 0.3) is 5.76 Å². The van der Waals surface area contributed by atoms with E-state index in [4.69, 9.17) is 18.9 Å². The number of esters is 1. The van der Waals surface area contributed by atoms with Gasteiger partial charge in [-0.3, -0.25) is 9.59 Å². The van der Waals surface area contributed by atoms with Crippen molar-refractivity contribution in [3.05, 3.63) is 94.6 Å². The zero-order valence-corrected chi connectivity index (χ0v) is 21.4. The van der Waals surface area contributed by atoms with Gasteiger partial charge in [-0.15, -0.1) is 0 Å². The highest BCUT2D eigenvalue weighted by atomic mass is 16.5. The first-order valence-corrected chi connectivity index (χ1v) is 11.7. The van der Waals surface area contributed by atoms with Crippen LogP contribution in [0.4, 0.5) is 0 Å². The molecule has 0 radical (unpaired) electrons. The molecular weight excluding hydrogens is 490 g/mol. The molecule has 3 aromatic carbocycles. The third kappa shape index (κ3) is 4.78. The third-order valence-electron chi connectivity index (χ3n) is 6.36. The quantitative estimate of drug-likeness (QED) is 0.206. The summed E-state index contributed by atoms with van der Waals surface area (Å²) in [5, 5.41) is 11.5. The van der Waals surface area contributed by atoms with Gasteiger partial charge in [-0.2, -0.15) is 0 Å². The molecule has 1 fully saturated rings. The van der Waals surface area contributed by atoms with Gasteiger partial charge in [0.05, 0.1) is 45.6 Å². The topological polar surface area (TPSA) is 112 Å². The molecule has 3 aromatic rings. The summed E-state index contributed by atoms with van der Waals surface area (Å²) in [5.74, 6) is -1.38. The van der Waals surface area contributed by atoms with Gasteiger partial charge in [0.15, 0.2) is 0 Å². The summed E-state index contributed by atoms with van der Waals surface area (Å²) in [4.78, 5) is 40.0. The number of methoxy groups -OCH3 is 4. The number of ketones is 1. The highest BCUT2D eigenvalue weighted by Gasteiger charge is 2.46. The van der Waals surface area contributed by atoms with Crippen LogP contribution in [0.2, 0.25) is 0 Å². The molecule has 1 unspecified atom stereocenters. The number of hydrogen-bond acceptors (Lipinski definition) is 8. The molecule has 9 nitrogen and oxygen atoms in total. The van der Waals surface area contributed by atoms with Crippen molar-refractivity contribution in [1.82, 2.24) is 4.90 Å². The Morgan fingerprint density at radius 3 is 1.97 bits per heavy atom. The number of rotatable bonds is 8. The maximum Gasteiger partial charge on any atom is 0.337 e. The Balaban J connectivity index is 1.86. The molecule has 0 saturated carbocycles. The number of hydrogen-bond donors (Lipinski definition) is 1. The fourth-order valence-electron chi connectivity index (χ4n) is 4.46. The summed E-state index contributed by atoms with van der Waals surface area (Å²) in [6.07, 6.45) is 0. The fourth-order valence-corrected chi connectivity index (χ4v) is 4.46. The van der Waals surface area contributed by atoms with Gasteiger partial charge in [0.2, 0.25) is 0 Å². The number of aliphatic hydroxyl groups is 1. The van der Waals surface area contributed by atoms with Crippen molar-refractivity contribution < 1.29 is 38.4 Å². The van der Waals surface area contributed by atoms with E-state index in [1.54, 1.807) is 66.7 Å². The van der Waals surface area contributed by atoms with Crippen LogP contribution in [0.5, 0.6) is 17.2 Å².